The van der Waals surface area contributed by atoms with Crippen molar-refractivity contribution in [1.82, 2.24) is 0 Å². The highest BCUT2D eigenvalue weighted by Gasteiger charge is 2.26. The van der Waals surface area contributed by atoms with Gasteiger partial charge in [0.15, 0.2) is 6.29 Å². The van der Waals surface area contributed by atoms with Crippen LogP contribution in [0.25, 0.3) is 0 Å². The lowest BCUT2D eigenvalue weighted by molar-refractivity contribution is -0.0980. The van der Waals surface area contributed by atoms with Crippen molar-refractivity contribution in [3.8, 4) is 5.75 Å². The standard InChI is InChI=1S/C10H10Cl2O3.CH2O/c11-5-9-13-6-10(15-9)14-8-3-1-2-7(12)4-8;1-2/h1-4,9-10H,5-6H2;1H2. The van der Waals surface area contributed by atoms with Crippen LogP contribution in [-0.2, 0) is 14.3 Å². The number of alkyl halides is 1. The van der Waals surface area contributed by atoms with Gasteiger partial charge in [-0.1, -0.05) is 17.7 Å². The number of benzene rings is 1. The Morgan fingerprint density at radius 1 is 1.47 bits per heavy atom. The summed E-state index contributed by atoms with van der Waals surface area (Å²) in [6.07, 6.45) is -0.789. The number of ether oxygens (including phenoxy) is 3. The maximum absolute atomic E-state index is 8.00. The van der Waals surface area contributed by atoms with Crippen molar-refractivity contribution in [3.05, 3.63) is 29.3 Å². The average Bonchev–Trinajstić information content (AvgIpc) is 2.79. The Balaban J connectivity index is 0.000000686. The van der Waals surface area contributed by atoms with E-state index in [0.717, 1.165) is 0 Å². The molecule has 1 aliphatic rings. The number of hydrogen-bond acceptors (Lipinski definition) is 4. The molecule has 1 heterocycles. The van der Waals surface area contributed by atoms with Gasteiger partial charge in [0.25, 0.3) is 0 Å². The topological polar surface area (TPSA) is 44.8 Å². The molecular formula is C11H12Cl2O4. The summed E-state index contributed by atoms with van der Waals surface area (Å²) in [5.41, 5.74) is 0. The lowest BCUT2D eigenvalue weighted by Gasteiger charge is -2.12. The molecule has 0 spiro atoms. The highest BCUT2D eigenvalue weighted by molar-refractivity contribution is 6.30. The fraction of sp³-hybridized carbons (Fsp3) is 0.364. The van der Waals surface area contributed by atoms with E-state index < -0.39 is 6.29 Å². The van der Waals surface area contributed by atoms with Crippen LogP contribution in [0.1, 0.15) is 0 Å². The number of rotatable bonds is 3. The molecule has 0 amide bonds. The summed E-state index contributed by atoms with van der Waals surface area (Å²) in [5.74, 6) is 0.960. The molecular weight excluding hydrogens is 267 g/mol. The van der Waals surface area contributed by atoms with Gasteiger partial charge in [0.2, 0.25) is 6.29 Å². The SMILES string of the molecule is C=O.ClCC1OCC(Oc2cccc(Cl)c2)O1. The van der Waals surface area contributed by atoms with Gasteiger partial charge in [0.1, 0.15) is 19.1 Å². The molecule has 0 bridgehead atoms. The van der Waals surface area contributed by atoms with E-state index >= 15 is 0 Å². The van der Waals surface area contributed by atoms with Crippen LogP contribution < -0.4 is 4.74 Å². The molecule has 0 N–H and O–H groups in total. The monoisotopic (exact) mass is 278 g/mol. The zero-order chi connectivity index (χ0) is 12.7. The molecule has 2 unspecified atom stereocenters. The molecule has 2 atom stereocenters. The Labute approximate surface area is 109 Å². The van der Waals surface area contributed by atoms with Gasteiger partial charge in [-0.25, -0.2) is 0 Å². The minimum Gasteiger partial charge on any atom is -0.462 e. The van der Waals surface area contributed by atoms with E-state index in [1.807, 2.05) is 18.9 Å². The van der Waals surface area contributed by atoms with Crippen molar-refractivity contribution in [3.63, 3.8) is 0 Å². The summed E-state index contributed by atoms with van der Waals surface area (Å²) in [6.45, 7) is 2.38. The first-order chi connectivity index (χ1) is 8.28. The molecule has 0 aromatic heterocycles. The van der Waals surface area contributed by atoms with Gasteiger partial charge in [0.05, 0.1) is 5.88 Å². The molecule has 1 fully saturated rings. The molecule has 94 valence electrons. The van der Waals surface area contributed by atoms with Crippen LogP contribution in [0.4, 0.5) is 0 Å². The van der Waals surface area contributed by atoms with Gasteiger partial charge in [-0.05, 0) is 18.2 Å². The Kier molecular flexibility index (Phi) is 6.29. The van der Waals surface area contributed by atoms with Crippen LogP contribution in [0.15, 0.2) is 24.3 Å². The van der Waals surface area contributed by atoms with E-state index in [1.54, 1.807) is 12.1 Å². The minimum absolute atomic E-state index is 0.301. The van der Waals surface area contributed by atoms with Crippen LogP contribution in [0, 0.1) is 0 Å². The summed E-state index contributed by atoms with van der Waals surface area (Å²) >= 11 is 11.4. The van der Waals surface area contributed by atoms with Crippen molar-refractivity contribution in [1.29, 1.82) is 0 Å². The summed E-state index contributed by atoms with van der Waals surface area (Å²) < 4.78 is 16.0. The van der Waals surface area contributed by atoms with Crippen molar-refractivity contribution >= 4 is 30.0 Å². The zero-order valence-corrected chi connectivity index (χ0v) is 10.5. The summed E-state index contributed by atoms with van der Waals surface area (Å²) in [4.78, 5) is 8.00. The molecule has 17 heavy (non-hydrogen) atoms. The highest BCUT2D eigenvalue weighted by Crippen LogP contribution is 2.21. The van der Waals surface area contributed by atoms with E-state index in [9.17, 15) is 0 Å². The first-order valence-electron chi connectivity index (χ1n) is 4.82. The van der Waals surface area contributed by atoms with E-state index in [0.29, 0.717) is 23.3 Å². The Bertz CT molecular complexity index is 348. The first kappa shape index (κ1) is 14.3. The normalized spacial score (nSPS) is 22.7. The van der Waals surface area contributed by atoms with E-state index in [1.165, 1.54) is 0 Å². The molecule has 1 aromatic carbocycles. The molecule has 2 rings (SSSR count). The largest absolute Gasteiger partial charge is 0.462 e. The molecule has 4 nitrogen and oxygen atoms in total. The van der Waals surface area contributed by atoms with Crippen LogP contribution in [0.5, 0.6) is 5.75 Å². The molecule has 0 aliphatic carbocycles. The van der Waals surface area contributed by atoms with Crippen molar-refractivity contribution in [2.24, 2.45) is 0 Å². The first-order valence-corrected chi connectivity index (χ1v) is 5.73. The van der Waals surface area contributed by atoms with Gasteiger partial charge in [-0.3, -0.25) is 0 Å². The summed E-state index contributed by atoms with van der Waals surface area (Å²) in [6, 6.07) is 7.12. The van der Waals surface area contributed by atoms with E-state index in [2.05, 4.69) is 0 Å². The quantitative estimate of drug-likeness (QED) is 0.797. The summed E-state index contributed by atoms with van der Waals surface area (Å²) in [5, 5.41) is 0.625. The smallest absolute Gasteiger partial charge is 0.226 e. The van der Waals surface area contributed by atoms with Crippen molar-refractivity contribution in [2.45, 2.75) is 12.6 Å². The molecule has 1 aromatic rings. The fourth-order valence-corrected chi connectivity index (χ4v) is 1.61. The molecule has 0 radical (unpaired) electrons. The molecule has 1 saturated heterocycles. The van der Waals surface area contributed by atoms with Crippen molar-refractivity contribution in [2.75, 3.05) is 12.5 Å². The van der Waals surface area contributed by atoms with Gasteiger partial charge >= 0.3 is 0 Å². The predicted octanol–water partition coefficient (Wildman–Crippen LogP) is 2.47. The number of carbonyl (C=O) groups is 1. The zero-order valence-electron chi connectivity index (χ0n) is 8.97. The third-order valence-corrected chi connectivity index (χ3v) is 2.40. The van der Waals surface area contributed by atoms with Crippen LogP contribution in [-0.4, -0.2) is 31.9 Å². The third-order valence-electron chi connectivity index (χ3n) is 1.91. The van der Waals surface area contributed by atoms with Crippen molar-refractivity contribution < 1.29 is 19.0 Å². The maximum atomic E-state index is 8.00. The van der Waals surface area contributed by atoms with Crippen LogP contribution in [0.2, 0.25) is 5.02 Å². The predicted molar refractivity (Wildman–Crippen MR) is 64.5 cm³/mol. The van der Waals surface area contributed by atoms with Gasteiger partial charge in [-0.15, -0.1) is 11.6 Å². The Hall–Kier alpha value is -0.810. The average molecular weight is 279 g/mol. The van der Waals surface area contributed by atoms with E-state index in [-0.39, 0.29) is 6.29 Å². The third kappa shape index (κ3) is 4.52. The highest BCUT2D eigenvalue weighted by atomic mass is 35.5. The number of hydrogen-bond donors (Lipinski definition) is 0. The number of carbonyl (C=O) groups excluding carboxylic acids is 1. The van der Waals surface area contributed by atoms with Crippen LogP contribution >= 0.6 is 23.2 Å². The molecule has 6 heteroatoms. The lowest BCUT2D eigenvalue weighted by atomic mass is 10.3. The van der Waals surface area contributed by atoms with Gasteiger partial charge in [0, 0.05) is 5.02 Å². The maximum Gasteiger partial charge on any atom is 0.226 e. The van der Waals surface area contributed by atoms with Gasteiger partial charge in [-0.2, -0.15) is 0 Å². The fourth-order valence-electron chi connectivity index (χ4n) is 1.27. The second kappa shape index (κ2) is 7.50. The van der Waals surface area contributed by atoms with E-state index in [4.69, 9.17) is 42.2 Å². The lowest BCUT2D eigenvalue weighted by Crippen LogP contribution is -2.19. The second-order valence-corrected chi connectivity index (χ2v) is 3.80. The van der Waals surface area contributed by atoms with Crippen LogP contribution in [0.3, 0.4) is 0 Å². The molecule has 0 saturated carbocycles. The number of halogens is 2. The Morgan fingerprint density at radius 3 is 2.82 bits per heavy atom. The second-order valence-electron chi connectivity index (χ2n) is 3.06. The molecule has 1 aliphatic heterocycles. The van der Waals surface area contributed by atoms with Gasteiger partial charge < -0.3 is 19.0 Å². The summed E-state index contributed by atoms with van der Waals surface area (Å²) in [7, 11) is 0. The minimum atomic E-state index is -0.410. The Morgan fingerprint density at radius 2 is 2.24 bits per heavy atom.